The predicted molar refractivity (Wildman–Crippen MR) is 135 cm³/mol. The molecule has 3 aromatic rings. The molecule has 8 heteroatoms. The SMILES string of the molecule is Nc1ncnc2c1c(-c1cccc(OC[C@H]3CCCCO3)c1)cn2[C@H]1C[C@@H](CN2CCC(O)C2)C1. The minimum absolute atomic E-state index is 0.156. The van der Waals surface area contributed by atoms with E-state index in [0.717, 1.165) is 86.3 Å². The van der Waals surface area contributed by atoms with Gasteiger partial charge in [0.25, 0.3) is 0 Å². The Labute approximate surface area is 206 Å². The van der Waals surface area contributed by atoms with Crippen molar-refractivity contribution in [3.05, 3.63) is 36.8 Å². The second-order valence-electron chi connectivity index (χ2n) is 10.4. The number of fused-ring (bicyclic) bond motifs is 1. The summed E-state index contributed by atoms with van der Waals surface area (Å²) in [6.45, 7) is 4.30. The van der Waals surface area contributed by atoms with E-state index in [1.165, 1.54) is 6.42 Å². The summed E-state index contributed by atoms with van der Waals surface area (Å²) in [7, 11) is 0. The summed E-state index contributed by atoms with van der Waals surface area (Å²) in [5, 5.41) is 10.7. The third-order valence-electron chi connectivity index (χ3n) is 7.86. The third-order valence-corrected chi connectivity index (χ3v) is 7.86. The molecule has 1 unspecified atom stereocenters. The van der Waals surface area contributed by atoms with Gasteiger partial charge in [0.15, 0.2) is 0 Å². The van der Waals surface area contributed by atoms with E-state index in [2.05, 4.69) is 37.8 Å². The Balaban J connectivity index is 1.21. The minimum Gasteiger partial charge on any atom is -0.491 e. The lowest BCUT2D eigenvalue weighted by atomic mass is 9.79. The largest absolute Gasteiger partial charge is 0.491 e. The molecule has 1 aliphatic carbocycles. The van der Waals surface area contributed by atoms with Gasteiger partial charge in [-0.05, 0) is 62.1 Å². The van der Waals surface area contributed by atoms with Crippen LogP contribution < -0.4 is 10.5 Å². The maximum Gasteiger partial charge on any atom is 0.146 e. The molecule has 2 aliphatic heterocycles. The Hall–Kier alpha value is -2.68. The molecule has 2 aromatic heterocycles. The number of aliphatic hydroxyl groups excluding tert-OH is 1. The maximum atomic E-state index is 9.82. The van der Waals surface area contributed by atoms with Gasteiger partial charge in [-0.15, -0.1) is 0 Å². The summed E-state index contributed by atoms with van der Waals surface area (Å²) in [6.07, 6.45) is 10.3. The number of anilines is 1. The van der Waals surface area contributed by atoms with E-state index >= 15 is 0 Å². The highest BCUT2D eigenvalue weighted by Gasteiger charge is 2.35. The first-order valence-electron chi connectivity index (χ1n) is 13.0. The number of β-amino-alcohol motifs (C(OH)–C–C–N with tert-alkyl or cyclic N) is 1. The lowest BCUT2D eigenvalue weighted by Crippen LogP contribution is -2.36. The predicted octanol–water partition coefficient (Wildman–Crippen LogP) is 3.65. The Morgan fingerprint density at radius 3 is 2.89 bits per heavy atom. The van der Waals surface area contributed by atoms with Crippen molar-refractivity contribution in [1.82, 2.24) is 19.4 Å². The van der Waals surface area contributed by atoms with Crippen LogP contribution in [-0.2, 0) is 4.74 Å². The minimum atomic E-state index is -0.156. The third kappa shape index (κ3) is 4.75. The molecule has 0 bridgehead atoms. The van der Waals surface area contributed by atoms with Crippen molar-refractivity contribution >= 4 is 16.9 Å². The van der Waals surface area contributed by atoms with Gasteiger partial charge < -0.3 is 29.8 Å². The van der Waals surface area contributed by atoms with Gasteiger partial charge in [-0.3, -0.25) is 0 Å². The normalized spacial score (nSPS) is 27.2. The molecule has 0 amide bonds. The molecule has 6 rings (SSSR count). The zero-order valence-corrected chi connectivity index (χ0v) is 20.2. The molecule has 8 nitrogen and oxygen atoms in total. The van der Waals surface area contributed by atoms with E-state index in [0.29, 0.717) is 24.4 Å². The second kappa shape index (κ2) is 9.76. The van der Waals surface area contributed by atoms with Gasteiger partial charge in [-0.2, -0.15) is 0 Å². The molecule has 1 saturated carbocycles. The number of likely N-dealkylation sites (tertiary alicyclic amines) is 1. The van der Waals surface area contributed by atoms with Crippen LogP contribution in [0.1, 0.15) is 44.6 Å². The van der Waals surface area contributed by atoms with Crippen molar-refractivity contribution in [1.29, 1.82) is 0 Å². The summed E-state index contributed by atoms with van der Waals surface area (Å²) >= 11 is 0. The Morgan fingerprint density at radius 1 is 1.17 bits per heavy atom. The number of benzene rings is 1. The van der Waals surface area contributed by atoms with Crippen molar-refractivity contribution in [2.45, 2.75) is 56.8 Å². The number of rotatable bonds is 7. The molecule has 0 radical (unpaired) electrons. The fourth-order valence-corrected chi connectivity index (χ4v) is 5.91. The molecule has 3 fully saturated rings. The average Bonchev–Trinajstić information content (AvgIpc) is 3.45. The van der Waals surface area contributed by atoms with Crippen LogP contribution >= 0.6 is 0 Å². The van der Waals surface area contributed by atoms with E-state index in [1.807, 2.05) is 12.1 Å². The molecule has 0 spiro atoms. The van der Waals surface area contributed by atoms with E-state index in [1.54, 1.807) is 6.33 Å². The fraction of sp³-hybridized carbons (Fsp3) is 0.556. The van der Waals surface area contributed by atoms with Gasteiger partial charge in [-0.1, -0.05) is 12.1 Å². The number of ether oxygens (including phenoxy) is 2. The highest BCUT2D eigenvalue weighted by atomic mass is 16.5. The van der Waals surface area contributed by atoms with Gasteiger partial charge in [0.05, 0.1) is 17.6 Å². The molecule has 2 saturated heterocycles. The van der Waals surface area contributed by atoms with E-state index in [4.69, 9.17) is 15.2 Å². The Morgan fingerprint density at radius 2 is 2.09 bits per heavy atom. The molecule has 1 aromatic carbocycles. The zero-order valence-electron chi connectivity index (χ0n) is 20.2. The lowest BCUT2D eigenvalue weighted by Gasteiger charge is -2.38. The summed E-state index contributed by atoms with van der Waals surface area (Å²) in [6, 6.07) is 8.60. The van der Waals surface area contributed by atoms with Gasteiger partial charge in [0.1, 0.15) is 30.1 Å². The van der Waals surface area contributed by atoms with E-state index in [9.17, 15) is 5.11 Å². The van der Waals surface area contributed by atoms with Crippen LogP contribution in [0, 0.1) is 5.92 Å². The van der Waals surface area contributed by atoms with Gasteiger partial charge in [-0.25, -0.2) is 9.97 Å². The Kier molecular flexibility index (Phi) is 6.35. The summed E-state index contributed by atoms with van der Waals surface area (Å²) in [5.74, 6) is 2.00. The number of nitrogens with two attached hydrogens (primary N) is 1. The van der Waals surface area contributed by atoms with Crippen LogP contribution in [0.15, 0.2) is 36.8 Å². The van der Waals surface area contributed by atoms with Crippen molar-refractivity contribution < 1.29 is 14.6 Å². The molecule has 35 heavy (non-hydrogen) atoms. The first kappa shape index (κ1) is 22.8. The lowest BCUT2D eigenvalue weighted by molar-refractivity contribution is -0.0110. The standard InChI is InChI=1S/C27H35N5O3/c28-26-25-24(19-4-3-6-22(12-19)35-16-23-5-1-2-9-34-23)15-32(27(25)30-17-29-26)20-10-18(11-20)13-31-8-7-21(33)14-31/h3-4,6,12,15,17-18,20-21,23,33H,1-2,5,7-11,13-14,16H2,(H2,28,29,30)/t18-,20+,21?,23-/m1/s1. The highest BCUT2D eigenvalue weighted by molar-refractivity contribution is 6.00. The summed E-state index contributed by atoms with van der Waals surface area (Å²) in [5.41, 5.74) is 9.37. The summed E-state index contributed by atoms with van der Waals surface area (Å²) < 4.78 is 14.2. The molecule has 3 N–H and O–H groups in total. The molecular weight excluding hydrogens is 442 g/mol. The van der Waals surface area contributed by atoms with Crippen LogP contribution in [0.3, 0.4) is 0 Å². The highest BCUT2D eigenvalue weighted by Crippen LogP contribution is 2.43. The van der Waals surface area contributed by atoms with Crippen LogP contribution in [-0.4, -0.2) is 69.6 Å². The first-order chi connectivity index (χ1) is 17.1. The average molecular weight is 478 g/mol. The van der Waals surface area contributed by atoms with Gasteiger partial charge in [0.2, 0.25) is 0 Å². The van der Waals surface area contributed by atoms with Crippen LogP contribution in [0.4, 0.5) is 5.82 Å². The number of hydrogen-bond donors (Lipinski definition) is 2. The quantitative estimate of drug-likeness (QED) is 0.536. The molecule has 186 valence electrons. The first-order valence-corrected chi connectivity index (χ1v) is 13.0. The number of nitrogen functional groups attached to an aromatic ring is 1. The number of aliphatic hydroxyl groups is 1. The van der Waals surface area contributed by atoms with Crippen LogP contribution in [0.2, 0.25) is 0 Å². The molecular formula is C27H35N5O3. The summed E-state index contributed by atoms with van der Waals surface area (Å²) in [4.78, 5) is 11.3. The zero-order chi connectivity index (χ0) is 23.8. The van der Waals surface area contributed by atoms with Gasteiger partial charge in [0, 0.05) is 44.0 Å². The van der Waals surface area contributed by atoms with Crippen LogP contribution in [0.25, 0.3) is 22.2 Å². The topological polar surface area (TPSA) is 98.7 Å². The smallest absolute Gasteiger partial charge is 0.146 e. The van der Waals surface area contributed by atoms with Gasteiger partial charge >= 0.3 is 0 Å². The second-order valence-corrected chi connectivity index (χ2v) is 10.4. The Bertz CT molecular complexity index is 1170. The molecule has 2 atom stereocenters. The molecule has 3 aliphatic rings. The van der Waals surface area contributed by atoms with Crippen molar-refractivity contribution in [2.75, 3.05) is 38.6 Å². The maximum absolute atomic E-state index is 9.82. The van der Waals surface area contributed by atoms with E-state index in [-0.39, 0.29) is 12.2 Å². The van der Waals surface area contributed by atoms with Crippen molar-refractivity contribution in [3.8, 4) is 16.9 Å². The van der Waals surface area contributed by atoms with Crippen LogP contribution in [0.5, 0.6) is 5.75 Å². The number of aromatic nitrogens is 3. The monoisotopic (exact) mass is 477 g/mol. The number of hydrogen-bond acceptors (Lipinski definition) is 7. The van der Waals surface area contributed by atoms with Crippen molar-refractivity contribution in [2.24, 2.45) is 5.92 Å². The van der Waals surface area contributed by atoms with E-state index < -0.39 is 0 Å². The fourth-order valence-electron chi connectivity index (χ4n) is 5.91. The van der Waals surface area contributed by atoms with Crippen molar-refractivity contribution in [3.63, 3.8) is 0 Å². The molecule has 4 heterocycles. The number of nitrogens with zero attached hydrogens (tertiary/aromatic N) is 4.